The summed E-state index contributed by atoms with van der Waals surface area (Å²) in [5, 5.41) is 1.36. The summed E-state index contributed by atoms with van der Waals surface area (Å²) >= 11 is -2.57. The largest absolute Gasteiger partial charge is 0.495 e. The zero-order valence-corrected chi connectivity index (χ0v) is 23.6. The lowest BCUT2D eigenvalue weighted by Gasteiger charge is -2.42. The minimum atomic E-state index is -1.34. The van der Waals surface area contributed by atoms with E-state index in [0.717, 1.165) is 26.2 Å². The molecule has 0 aliphatic rings. The minimum absolute atomic E-state index is 0.670. The number of nitrogens with zero attached hydrogens (tertiary/aromatic N) is 4. The van der Waals surface area contributed by atoms with Gasteiger partial charge in [-0.05, 0) is 57.1 Å². The molecule has 0 radical (unpaired) electrons. The van der Waals surface area contributed by atoms with Crippen molar-refractivity contribution in [3.63, 3.8) is 0 Å². The van der Waals surface area contributed by atoms with Crippen LogP contribution in [0.3, 0.4) is 0 Å². The summed E-state index contributed by atoms with van der Waals surface area (Å²) in [5.74, 6) is 0. The van der Waals surface area contributed by atoms with Gasteiger partial charge in [-0.15, -0.1) is 0 Å². The smallest absolute Gasteiger partial charge is 0.372 e. The van der Waals surface area contributed by atoms with Crippen LogP contribution in [0.25, 0.3) is 0 Å². The molecule has 0 saturated carbocycles. The van der Waals surface area contributed by atoms with Gasteiger partial charge in [0.05, 0.1) is 0 Å². The summed E-state index contributed by atoms with van der Waals surface area (Å²) in [4.78, 5) is 0. The minimum Gasteiger partial charge on any atom is -0.372 e. The third-order valence-corrected chi connectivity index (χ3v) is 15.8. The molecule has 1 atom stereocenters. The summed E-state index contributed by atoms with van der Waals surface area (Å²) in [6.45, 7) is 28.2. The Balaban J connectivity index is 3.51. The van der Waals surface area contributed by atoms with E-state index in [1.165, 1.54) is 31.5 Å². The first-order valence-corrected chi connectivity index (χ1v) is 16.1. The molecule has 0 amide bonds. The van der Waals surface area contributed by atoms with Gasteiger partial charge in [-0.25, -0.2) is 0 Å². The summed E-state index contributed by atoms with van der Waals surface area (Å²) in [6.07, 6.45) is 0. The molecule has 0 aliphatic carbocycles. The van der Waals surface area contributed by atoms with Crippen LogP contribution in [0, 0.1) is 0 Å². The van der Waals surface area contributed by atoms with Gasteiger partial charge in [0.25, 0.3) is 0 Å². The molecule has 4 nitrogen and oxygen atoms in total. The fraction of sp³-hybridized carbons (Fsp3) is 0.750. The predicted molar refractivity (Wildman–Crippen MR) is 137 cm³/mol. The van der Waals surface area contributed by atoms with Crippen LogP contribution in [0.4, 0.5) is 0 Å². The van der Waals surface area contributed by atoms with Gasteiger partial charge in [0.15, 0.2) is 0 Å². The topological polar surface area (TPSA) is 13.0 Å². The van der Waals surface area contributed by atoms with E-state index in [-0.39, 0.29) is 0 Å². The number of hydrogen-bond acceptors (Lipinski definition) is 4. The molecule has 0 fully saturated rings. The van der Waals surface area contributed by atoms with E-state index in [4.69, 9.17) is 0 Å². The number of benzene rings is 1. The fourth-order valence-electron chi connectivity index (χ4n) is 5.11. The molecule has 0 heterocycles. The Labute approximate surface area is 197 Å². The van der Waals surface area contributed by atoms with E-state index in [9.17, 15) is 0 Å². The van der Waals surface area contributed by atoms with Crippen LogP contribution in [0.15, 0.2) is 30.3 Å². The molecule has 1 aromatic carbocycles. The molecule has 0 aromatic heterocycles. The molecule has 1 unspecified atom stereocenters. The van der Waals surface area contributed by atoms with E-state index in [1.807, 2.05) is 0 Å². The first kappa shape index (κ1) is 28.2. The third kappa shape index (κ3) is 7.62. The second-order valence-corrected chi connectivity index (χ2v) is 14.0. The van der Waals surface area contributed by atoms with E-state index in [0.29, 0.717) is 4.78 Å². The first-order valence-electron chi connectivity index (χ1n) is 12.6. The average Bonchev–Trinajstić information content (AvgIpc) is 2.79. The highest BCUT2D eigenvalue weighted by atomic mass is 27.2. The van der Waals surface area contributed by atoms with Crippen LogP contribution in [-0.2, 0) is 0 Å². The van der Waals surface area contributed by atoms with Gasteiger partial charge in [-0.2, -0.15) is 0 Å². The Morgan fingerprint density at radius 3 is 1.27 bits per heavy atom. The van der Waals surface area contributed by atoms with Crippen molar-refractivity contribution in [1.29, 1.82) is 0 Å². The third-order valence-electron chi connectivity index (χ3n) is 6.89. The molecule has 0 saturated heterocycles. The molecule has 6 heteroatoms. The van der Waals surface area contributed by atoms with Gasteiger partial charge in [0, 0.05) is 0 Å². The average molecular weight is 447 g/mol. The van der Waals surface area contributed by atoms with Gasteiger partial charge >= 0.3 is 29.2 Å². The summed E-state index contributed by atoms with van der Waals surface area (Å²) in [6, 6.07) is 11.5. The molecular weight excluding hydrogens is 398 g/mol. The van der Waals surface area contributed by atoms with Crippen molar-refractivity contribution in [3.05, 3.63) is 35.9 Å². The van der Waals surface area contributed by atoms with Crippen LogP contribution in [0.2, 0.25) is 5.28 Å². The molecule has 0 bridgehead atoms. The molecular formula is C24H48Al2N4. The maximum atomic E-state index is 2.83. The van der Waals surface area contributed by atoms with Crippen molar-refractivity contribution in [3.8, 4) is 0 Å². The zero-order valence-electron chi connectivity index (χ0n) is 21.3. The van der Waals surface area contributed by atoms with Crippen molar-refractivity contribution in [1.82, 2.24) is 15.5 Å². The van der Waals surface area contributed by atoms with Crippen LogP contribution in [-0.4, -0.2) is 97.1 Å². The molecule has 0 N–H and O–H groups in total. The van der Waals surface area contributed by atoms with Gasteiger partial charge in [0.2, 0.25) is 0 Å². The van der Waals surface area contributed by atoms with Crippen molar-refractivity contribution < 1.29 is 0 Å². The molecule has 170 valence electrons. The lowest BCUT2D eigenvalue weighted by molar-refractivity contribution is 0.356. The SMILES string of the molecule is CC[N](CC)[Al]([CH2][CH](c1ccccc1)[Al]([N](CC)CC)[N](CC)CC)[N](CC)CC. The Morgan fingerprint density at radius 2 is 0.933 bits per heavy atom. The van der Waals surface area contributed by atoms with Gasteiger partial charge in [0.1, 0.15) is 0 Å². The maximum Gasteiger partial charge on any atom is 0.495 e. The first-order chi connectivity index (χ1) is 14.6. The summed E-state index contributed by atoms with van der Waals surface area (Å²) in [5.41, 5.74) is 1.57. The molecule has 1 rings (SSSR count). The monoisotopic (exact) mass is 446 g/mol. The molecule has 0 spiro atoms. The zero-order chi connectivity index (χ0) is 22.5. The summed E-state index contributed by atoms with van der Waals surface area (Å²) in [7, 11) is 0. The van der Waals surface area contributed by atoms with Crippen molar-refractivity contribution >= 4 is 29.2 Å². The highest BCUT2D eigenvalue weighted by Crippen LogP contribution is 2.30. The molecule has 30 heavy (non-hydrogen) atoms. The van der Waals surface area contributed by atoms with Crippen molar-refractivity contribution in [2.45, 2.75) is 65.5 Å². The van der Waals surface area contributed by atoms with Gasteiger partial charge < -0.3 is 15.5 Å². The van der Waals surface area contributed by atoms with E-state index in [1.54, 1.807) is 5.56 Å². The van der Waals surface area contributed by atoms with Crippen molar-refractivity contribution in [2.75, 3.05) is 52.4 Å². The van der Waals surface area contributed by atoms with Crippen LogP contribution in [0.5, 0.6) is 0 Å². The standard InChI is InChI=1S/C8H8.4C4H10N.2Al/c1-2-8-6-4-3-5-7-8;4*1-3-5-4-2;;/h2-7H,1H2;4*3-4H2,1-2H3;;/q;4*-1;2*+2. The van der Waals surface area contributed by atoms with E-state index < -0.39 is 29.2 Å². The van der Waals surface area contributed by atoms with Crippen LogP contribution < -0.4 is 0 Å². The quantitative estimate of drug-likeness (QED) is 0.343. The Morgan fingerprint density at radius 1 is 0.567 bits per heavy atom. The number of hydrogen-bond donors (Lipinski definition) is 0. The summed E-state index contributed by atoms with van der Waals surface area (Å²) < 4.78 is 12.0. The fourth-order valence-corrected chi connectivity index (χ4v) is 13.8. The van der Waals surface area contributed by atoms with Gasteiger partial charge in [-0.3, -0.25) is 0 Å². The molecule has 0 aliphatic heterocycles. The normalized spacial score (nSPS) is 12.9. The predicted octanol–water partition coefficient (Wildman–Crippen LogP) is 4.65. The lowest BCUT2D eigenvalue weighted by atomic mass is 10.2. The highest BCUT2D eigenvalue weighted by Gasteiger charge is 2.45. The highest BCUT2D eigenvalue weighted by molar-refractivity contribution is 6.60. The van der Waals surface area contributed by atoms with E-state index >= 15 is 0 Å². The van der Waals surface area contributed by atoms with Crippen LogP contribution >= 0.6 is 0 Å². The second kappa shape index (κ2) is 15.9. The number of rotatable bonds is 16. The Kier molecular flexibility index (Phi) is 14.9. The lowest BCUT2D eigenvalue weighted by Crippen LogP contribution is -2.60. The van der Waals surface area contributed by atoms with Gasteiger partial charge in [-0.1, -0.05) is 96.6 Å². The maximum absolute atomic E-state index is 2.83. The molecule has 1 aromatic rings. The Hall–Kier alpha value is 0.125. The second-order valence-electron chi connectivity index (χ2n) is 8.03. The van der Waals surface area contributed by atoms with Crippen LogP contribution in [0.1, 0.15) is 65.7 Å². The Bertz CT molecular complexity index is 505. The van der Waals surface area contributed by atoms with E-state index in [2.05, 4.69) is 101 Å². The van der Waals surface area contributed by atoms with Crippen molar-refractivity contribution in [2.24, 2.45) is 0 Å².